The van der Waals surface area contributed by atoms with Gasteiger partial charge in [-0.05, 0) is 26.0 Å². The predicted molar refractivity (Wildman–Crippen MR) is 67.1 cm³/mol. The molecule has 0 fully saturated rings. The number of pyridine rings is 1. The van der Waals surface area contributed by atoms with Gasteiger partial charge in [0.05, 0.1) is 17.4 Å². The molecule has 2 heterocycles. The van der Waals surface area contributed by atoms with Gasteiger partial charge in [0.15, 0.2) is 0 Å². The topological polar surface area (TPSA) is 80.0 Å². The average molecular weight is 246 g/mol. The molecule has 2 aromatic rings. The van der Waals surface area contributed by atoms with E-state index in [9.17, 15) is 4.79 Å². The van der Waals surface area contributed by atoms with Crippen LogP contribution in [0.25, 0.3) is 0 Å². The lowest BCUT2D eigenvalue weighted by atomic mass is 10.3. The summed E-state index contributed by atoms with van der Waals surface area (Å²) in [6, 6.07) is 3.42. The number of hydrogen-bond donors (Lipinski definition) is 2. The minimum Gasteiger partial charge on any atom is -0.478 e. The fourth-order valence-electron chi connectivity index (χ4n) is 1.43. The summed E-state index contributed by atoms with van der Waals surface area (Å²) in [6.07, 6.45) is 4.89. The van der Waals surface area contributed by atoms with Crippen LogP contribution >= 0.6 is 0 Å². The quantitative estimate of drug-likeness (QED) is 0.865. The average Bonchev–Trinajstić information content (AvgIpc) is 2.78. The maximum Gasteiger partial charge on any atom is 0.337 e. The lowest BCUT2D eigenvalue weighted by Crippen LogP contribution is -2.00. The third-order valence-corrected chi connectivity index (χ3v) is 2.41. The second-order valence-corrected chi connectivity index (χ2v) is 4.17. The number of nitrogens with zero attached hydrogens (tertiary/aromatic N) is 3. The first-order valence-electron chi connectivity index (χ1n) is 5.57. The van der Waals surface area contributed by atoms with Crippen LogP contribution in [-0.4, -0.2) is 25.8 Å². The molecule has 94 valence electrons. The van der Waals surface area contributed by atoms with Gasteiger partial charge in [0.25, 0.3) is 0 Å². The van der Waals surface area contributed by atoms with E-state index in [4.69, 9.17) is 5.11 Å². The van der Waals surface area contributed by atoms with Crippen molar-refractivity contribution < 1.29 is 9.90 Å². The van der Waals surface area contributed by atoms with E-state index in [0.29, 0.717) is 11.9 Å². The minimum atomic E-state index is -0.985. The van der Waals surface area contributed by atoms with Crippen molar-refractivity contribution in [2.75, 3.05) is 5.32 Å². The van der Waals surface area contributed by atoms with Gasteiger partial charge in [-0.25, -0.2) is 9.78 Å². The van der Waals surface area contributed by atoms with Crippen LogP contribution in [0.15, 0.2) is 30.7 Å². The van der Waals surface area contributed by atoms with Crippen LogP contribution in [-0.2, 0) is 0 Å². The molecule has 0 atom stereocenters. The molecule has 0 radical (unpaired) electrons. The Morgan fingerprint density at radius 3 is 2.67 bits per heavy atom. The Bertz CT molecular complexity index is 545. The minimum absolute atomic E-state index is 0.165. The van der Waals surface area contributed by atoms with Crippen LogP contribution in [0, 0.1) is 0 Å². The molecule has 0 aliphatic heterocycles. The Labute approximate surface area is 104 Å². The maximum atomic E-state index is 10.7. The van der Waals surface area contributed by atoms with Gasteiger partial charge in [0, 0.05) is 18.4 Å². The van der Waals surface area contributed by atoms with E-state index in [1.165, 1.54) is 12.3 Å². The van der Waals surface area contributed by atoms with Gasteiger partial charge in [0.1, 0.15) is 5.82 Å². The van der Waals surface area contributed by atoms with Crippen molar-refractivity contribution >= 4 is 17.5 Å². The largest absolute Gasteiger partial charge is 0.478 e. The maximum absolute atomic E-state index is 10.7. The first-order valence-corrected chi connectivity index (χ1v) is 5.57. The molecule has 0 spiro atoms. The van der Waals surface area contributed by atoms with Crippen molar-refractivity contribution in [3.63, 3.8) is 0 Å². The Balaban J connectivity index is 2.10. The number of carboxylic acid groups (broad SMARTS) is 1. The van der Waals surface area contributed by atoms with E-state index >= 15 is 0 Å². The number of carbonyl (C=O) groups is 1. The summed E-state index contributed by atoms with van der Waals surface area (Å²) in [5.74, 6) is -0.398. The monoisotopic (exact) mass is 246 g/mol. The van der Waals surface area contributed by atoms with E-state index < -0.39 is 5.97 Å². The van der Waals surface area contributed by atoms with Crippen LogP contribution in [0.4, 0.5) is 11.5 Å². The Kier molecular flexibility index (Phi) is 3.27. The molecular formula is C12H14N4O2. The van der Waals surface area contributed by atoms with Gasteiger partial charge in [-0.15, -0.1) is 0 Å². The van der Waals surface area contributed by atoms with E-state index in [1.54, 1.807) is 12.3 Å². The third kappa shape index (κ3) is 2.65. The SMILES string of the molecule is CC(C)n1cc(Nc2ccc(C(=O)O)cn2)cn1. The molecule has 2 rings (SSSR count). The smallest absolute Gasteiger partial charge is 0.337 e. The molecule has 2 aromatic heterocycles. The zero-order valence-electron chi connectivity index (χ0n) is 10.2. The summed E-state index contributed by atoms with van der Waals surface area (Å²) < 4.78 is 1.83. The highest BCUT2D eigenvalue weighted by Gasteiger charge is 2.05. The highest BCUT2D eigenvalue weighted by atomic mass is 16.4. The molecule has 0 aliphatic rings. The summed E-state index contributed by atoms with van der Waals surface area (Å²) in [4.78, 5) is 14.7. The van der Waals surface area contributed by atoms with Gasteiger partial charge in [0.2, 0.25) is 0 Å². The number of hydrogen-bond acceptors (Lipinski definition) is 4. The van der Waals surface area contributed by atoms with Crippen LogP contribution in [0.1, 0.15) is 30.2 Å². The molecule has 6 nitrogen and oxygen atoms in total. The van der Waals surface area contributed by atoms with Crippen molar-refractivity contribution in [2.24, 2.45) is 0 Å². The standard InChI is InChI=1S/C12H14N4O2/c1-8(2)16-7-10(6-14-16)15-11-4-3-9(5-13-11)12(17)18/h3-8H,1-2H3,(H,13,15)(H,17,18). The molecule has 0 bridgehead atoms. The van der Waals surface area contributed by atoms with Gasteiger partial charge in [-0.2, -0.15) is 5.10 Å². The fraction of sp³-hybridized carbons (Fsp3) is 0.250. The first-order chi connectivity index (χ1) is 8.56. The number of carboxylic acids is 1. The van der Waals surface area contributed by atoms with E-state index in [-0.39, 0.29) is 5.56 Å². The summed E-state index contributed by atoms with van der Waals surface area (Å²) in [5.41, 5.74) is 0.984. The fourth-order valence-corrected chi connectivity index (χ4v) is 1.43. The highest BCUT2D eigenvalue weighted by Crippen LogP contribution is 2.15. The normalized spacial score (nSPS) is 10.6. The predicted octanol–water partition coefficient (Wildman–Crippen LogP) is 2.30. The summed E-state index contributed by atoms with van der Waals surface area (Å²) in [7, 11) is 0. The molecule has 0 saturated carbocycles. The van der Waals surface area contributed by atoms with E-state index in [1.807, 2.05) is 24.7 Å². The molecule has 0 saturated heterocycles. The van der Waals surface area contributed by atoms with Crippen molar-refractivity contribution in [3.8, 4) is 0 Å². The molecule has 0 unspecified atom stereocenters. The number of anilines is 2. The van der Waals surface area contributed by atoms with E-state index in [2.05, 4.69) is 15.4 Å². The van der Waals surface area contributed by atoms with Gasteiger partial charge in [-0.1, -0.05) is 0 Å². The summed E-state index contributed by atoms with van der Waals surface area (Å²) in [6.45, 7) is 4.08. The van der Waals surface area contributed by atoms with Crippen molar-refractivity contribution in [1.82, 2.24) is 14.8 Å². The number of aromatic nitrogens is 3. The molecule has 0 aromatic carbocycles. The van der Waals surface area contributed by atoms with Crippen molar-refractivity contribution in [2.45, 2.75) is 19.9 Å². The van der Waals surface area contributed by atoms with Crippen LogP contribution < -0.4 is 5.32 Å². The lowest BCUT2D eigenvalue weighted by Gasteiger charge is -2.04. The summed E-state index contributed by atoms with van der Waals surface area (Å²) in [5, 5.41) is 16.0. The van der Waals surface area contributed by atoms with Gasteiger partial charge >= 0.3 is 5.97 Å². The van der Waals surface area contributed by atoms with Crippen molar-refractivity contribution in [3.05, 3.63) is 36.3 Å². The molecule has 2 N–H and O–H groups in total. The molecule has 0 aliphatic carbocycles. The van der Waals surface area contributed by atoms with Crippen LogP contribution in [0.3, 0.4) is 0 Å². The zero-order chi connectivity index (χ0) is 13.1. The van der Waals surface area contributed by atoms with E-state index in [0.717, 1.165) is 5.69 Å². The highest BCUT2D eigenvalue weighted by molar-refractivity contribution is 5.87. The summed E-state index contributed by atoms with van der Waals surface area (Å²) >= 11 is 0. The van der Waals surface area contributed by atoms with Gasteiger partial charge < -0.3 is 10.4 Å². The number of rotatable bonds is 4. The second kappa shape index (κ2) is 4.87. The Hall–Kier alpha value is -2.37. The Morgan fingerprint density at radius 1 is 1.39 bits per heavy atom. The molecule has 0 amide bonds. The van der Waals surface area contributed by atoms with Crippen LogP contribution in [0.2, 0.25) is 0 Å². The molecular weight excluding hydrogens is 232 g/mol. The molecule has 18 heavy (non-hydrogen) atoms. The Morgan fingerprint density at radius 2 is 2.17 bits per heavy atom. The third-order valence-electron chi connectivity index (χ3n) is 2.41. The first kappa shape index (κ1) is 12.1. The number of nitrogens with one attached hydrogen (secondary N) is 1. The van der Waals surface area contributed by atoms with Crippen LogP contribution in [0.5, 0.6) is 0 Å². The number of aromatic carboxylic acids is 1. The zero-order valence-corrected chi connectivity index (χ0v) is 10.2. The van der Waals surface area contributed by atoms with Crippen molar-refractivity contribution in [1.29, 1.82) is 0 Å². The van der Waals surface area contributed by atoms with Gasteiger partial charge in [-0.3, -0.25) is 4.68 Å². The molecule has 6 heteroatoms. The lowest BCUT2D eigenvalue weighted by molar-refractivity contribution is 0.0696. The second-order valence-electron chi connectivity index (χ2n) is 4.17.